The van der Waals surface area contributed by atoms with Crippen LogP contribution in [0.4, 0.5) is 0 Å². The predicted molar refractivity (Wildman–Crippen MR) is 105 cm³/mol. The van der Waals surface area contributed by atoms with Gasteiger partial charge in [0.2, 0.25) is 0 Å². The van der Waals surface area contributed by atoms with Crippen molar-refractivity contribution in [1.82, 2.24) is 0 Å². The minimum atomic E-state index is 0.155. The Morgan fingerprint density at radius 1 is 1.08 bits per heavy atom. The first-order valence-corrected chi connectivity index (χ1v) is 9.68. The molecule has 140 valence electrons. The highest BCUT2D eigenvalue weighted by atomic mass is 16.5. The maximum atomic E-state index is 9.31. The minimum absolute atomic E-state index is 0.155. The van der Waals surface area contributed by atoms with Gasteiger partial charge in [-0.2, -0.15) is 0 Å². The van der Waals surface area contributed by atoms with Crippen molar-refractivity contribution >= 4 is 0 Å². The number of methoxy groups -OCH3 is 1. The third kappa shape index (κ3) is 5.01. The normalized spacial score (nSPS) is 20.7. The summed E-state index contributed by atoms with van der Waals surface area (Å²) in [4.78, 5) is 0. The summed E-state index contributed by atoms with van der Waals surface area (Å²) in [6.07, 6.45) is 5.63. The third-order valence-electron chi connectivity index (χ3n) is 5.47. The molecule has 0 aromatic heterocycles. The zero-order valence-electron chi connectivity index (χ0n) is 15.9. The summed E-state index contributed by atoms with van der Waals surface area (Å²) in [7, 11) is 1.67. The van der Waals surface area contributed by atoms with Gasteiger partial charge in [-0.15, -0.1) is 0 Å². The third-order valence-corrected chi connectivity index (χ3v) is 5.47. The largest absolute Gasteiger partial charge is 0.497 e. The van der Waals surface area contributed by atoms with E-state index in [0.717, 1.165) is 37.2 Å². The minimum Gasteiger partial charge on any atom is -0.497 e. The highest BCUT2D eigenvalue weighted by Gasteiger charge is 2.25. The fourth-order valence-electron chi connectivity index (χ4n) is 3.84. The zero-order chi connectivity index (χ0) is 18.4. The van der Waals surface area contributed by atoms with E-state index < -0.39 is 0 Å². The van der Waals surface area contributed by atoms with Gasteiger partial charge in [-0.25, -0.2) is 0 Å². The Balaban J connectivity index is 1.48. The van der Waals surface area contributed by atoms with Crippen LogP contribution in [0.1, 0.15) is 49.7 Å². The molecule has 3 heteroatoms. The molecule has 3 nitrogen and oxygen atoms in total. The van der Waals surface area contributed by atoms with Gasteiger partial charge in [0.25, 0.3) is 0 Å². The molecular formula is C23H30O3. The van der Waals surface area contributed by atoms with Gasteiger partial charge in [0.15, 0.2) is 0 Å². The van der Waals surface area contributed by atoms with E-state index in [1.807, 2.05) is 24.3 Å². The summed E-state index contributed by atoms with van der Waals surface area (Å²) in [5.41, 5.74) is 2.77. The van der Waals surface area contributed by atoms with E-state index in [1.165, 1.54) is 17.5 Å². The van der Waals surface area contributed by atoms with Gasteiger partial charge < -0.3 is 14.6 Å². The molecule has 0 spiro atoms. The maximum Gasteiger partial charge on any atom is 0.123 e. The number of hydrogen-bond donors (Lipinski definition) is 1. The van der Waals surface area contributed by atoms with E-state index >= 15 is 0 Å². The molecule has 0 bridgehead atoms. The van der Waals surface area contributed by atoms with Crippen molar-refractivity contribution in [2.24, 2.45) is 5.92 Å². The highest BCUT2D eigenvalue weighted by molar-refractivity contribution is 5.33. The lowest BCUT2D eigenvalue weighted by atomic mass is 9.94. The van der Waals surface area contributed by atoms with Crippen molar-refractivity contribution in [3.05, 3.63) is 59.7 Å². The van der Waals surface area contributed by atoms with E-state index in [2.05, 4.69) is 31.2 Å². The molecule has 0 saturated heterocycles. The smallest absolute Gasteiger partial charge is 0.123 e. The molecule has 1 aliphatic rings. The fraction of sp³-hybridized carbons (Fsp3) is 0.478. The number of aliphatic hydroxyl groups is 1. The van der Waals surface area contributed by atoms with Crippen LogP contribution in [0.15, 0.2) is 48.5 Å². The fourth-order valence-corrected chi connectivity index (χ4v) is 3.84. The number of rotatable bonds is 8. The van der Waals surface area contributed by atoms with Crippen molar-refractivity contribution in [3.63, 3.8) is 0 Å². The molecule has 2 aromatic rings. The van der Waals surface area contributed by atoms with Gasteiger partial charge in [-0.1, -0.05) is 30.3 Å². The van der Waals surface area contributed by atoms with Crippen LogP contribution in [-0.4, -0.2) is 24.9 Å². The second kappa shape index (κ2) is 9.09. The second-order valence-electron chi connectivity index (χ2n) is 7.45. The number of benzene rings is 2. The van der Waals surface area contributed by atoms with E-state index in [0.29, 0.717) is 18.4 Å². The van der Waals surface area contributed by atoms with E-state index in [4.69, 9.17) is 9.47 Å². The van der Waals surface area contributed by atoms with E-state index in [9.17, 15) is 5.11 Å². The predicted octanol–water partition coefficient (Wildman–Crippen LogP) is 4.97. The van der Waals surface area contributed by atoms with Crippen molar-refractivity contribution in [2.75, 3.05) is 13.7 Å². The van der Waals surface area contributed by atoms with Gasteiger partial charge in [0, 0.05) is 12.7 Å². The molecule has 0 heterocycles. The average Bonchev–Trinajstić information content (AvgIpc) is 3.16. The van der Waals surface area contributed by atoms with Crippen molar-refractivity contribution in [3.8, 4) is 11.5 Å². The SMILES string of the molecule is COc1cccc(OC(C)CCc2ccc(C3CCC(CO)C3)cc2)c1. The van der Waals surface area contributed by atoms with Gasteiger partial charge in [0.05, 0.1) is 13.2 Å². The molecule has 3 atom stereocenters. The standard InChI is InChI=1S/C23H30O3/c1-17(26-23-5-3-4-22(15-23)25-2)6-7-18-8-11-20(12-9-18)21-13-10-19(14-21)16-24/h3-5,8-9,11-12,15,17,19,21,24H,6-7,10,13-14,16H2,1-2H3. The van der Waals surface area contributed by atoms with Crippen LogP contribution in [-0.2, 0) is 6.42 Å². The van der Waals surface area contributed by atoms with Crippen LogP contribution in [0.5, 0.6) is 11.5 Å². The van der Waals surface area contributed by atoms with Crippen LogP contribution in [0.25, 0.3) is 0 Å². The molecule has 26 heavy (non-hydrogen) atoms. The second-order valence-corrected chi connectivity index (χ2v) is 7.45. The van der Waals surface area contributed by atoms with Crippen LogP contribution in [0.3, 0.4) is 0 Å². The number of aliphatic hydroxyl groups excluding tert-OH is 1. The average molecular weight is 354 g/mol. The quantitative estimate of drug-likeness (QED) is 0.727. The lowest BCUT2D eigenvalue weighted by Crippen LogP contribution is -2.12. The Morgan fingerprint density at radius 3 is 2.54 bits per heavy atom. The summed E-state index contributed by atoms with van der Waals surface area (Å²) in [6, 6.07) is 16.8. The first-order valence-electron chi connectivity index (χ1n) is 9.68. The molecule has 0 radical (unpaired) electrons. The van der Waals surface area contributed by atoms with Gasteiger partial charge in [-0.05, 0) is 74.1 Å². The van der Waals surface area contributed by atoms with Crippen LogP contribution in [0, 0.1) is 5.92 Å². The summed E-state index contributed by atoms with van der Waals surface area (Å²) in [5, 5.41) is 9.31. The molecule has 3 rings (SSSR count). The number of aryl methyl sites for hydroxylation is 1. The van der Waals surface area contributed by atoms with Gasteiger partial charge >= 0.3 is 0 Å². The van der Waals surface area contributed by atoms with Crippen molar-refractivity contribution in [2.45, 2.75) is 51.0 Å². The first-order chi connectivity index (χ1) is 12.7. The van der Waals surface area contributed by atoms with Crippen molar-refractivity contribution < 1.29 is 14.6 Å². The van der Waals surface area contributed by atoms with Crippen LogP contribution < -0.4 is 9.47 Å². The lowest BCUT2D eigenvalue weighted by Gasteiger charge is -2.16. The molecule has 1 N–H and O–H groups in total. The molecule has 1 aliphatic carbocycles. The molecule has 3 unspecified atom stereocenters. The van der Waals surface area contributed by atoms with Crippen molar-refractivity contribution in [1.29, 1.82) is 0 Å². The molecule has 2 aromatic carbocycles. The lowest BCUT2D eigenvalue weighted by molar-refractivity contribution is 0.210. The summed E-state index contributed by atoms with van der Waals surface area (Å²) < 4.78 is 11.2. The Labute approximate surface area is 157 Å². The number of hydrogen-bond acceptors (Lipinski definition) is 3. The maximum absolute atomic E-state index is 9.31. The summed E-state index contributed by atoms with van der Waals surface area (Å²) in [6.45, 7) is 2.45. The Bertz CT molecular complexity index is 680. The van der Waals surface area contributed by atoms with E-state index in [-0.39, 0.29) is 6.10 Å². The highest BCUT2D eigenvalue weighted by Crippen LogP contribution is 2.38. The molecule has 1 fully saturated rings. The number of ether oxygens (including phenoxy) is 2. The molecular weight excluding hydrogens is 324 g/mol. The van der Waals surface area contributed by atoms with Crippen LogP contribution >= 0.6 is 0 Å². The Hall–Kier alpha value is -2.00. The van der Waals surface area contributed by atoms with Crippen LogP contribution in [0.2, 0.25) is 0 Å². The first kappa shape index (κ1) is 18.8. The van der Waals surface area contributed by atoms with Gasteiger partial charge in [-0.3, -0.25) is 0 Å². The summed E-state index contributed by atoms with van der Waals surface area (Å²) >= 11 is 0. The zero-order valence-corrected chi connectivity index (χ0v) is 15.9. The molecule has 0 aliphatic heterocycles. The van der Waals surface area contributed by atoms with Gasteiger partial charge in [0.1, 0.15) is 11.5 Å². The monoisotopic (exact) mass is 354 g/mol. The Kier molecular flexibility index (Phi) is 6.56. The topological polar surface area (TPSA) is 38.7 Å². The Morgan fingerprint density at radius 2 is 1.85 bits per heavy atom. The summed E-state index contributed by atoms with van der Waals surface area (Å²) in [5.74, 6) is 2.79. The van der Waals surface area contributed by atoms with E-state index in [1.54, 1.807) is 7.11 Å². The molecule has 0 amide bonds. The molecule has 1 saturated carbocycles.